The van der Waals surface area contributed by atoms with Gasteiger partial charge in [0.15, 0.2) is 0 Å². The average Bonchev–Trinajstić information content (AvgIpc) is 3.07. The first-order valence-corrected chi connectivity index (χ1v) is 10.2. The third-order valence-electron chi connectivity index (χ3n) is 5.72. The number of fused-ring (bicyclic) bond motifs is 3. The van der Waals surface area contributed by atoms with Gasteiger partial charge in [-0.05, 0) is 44.0 Å². The largest absolute Gasteiger partial charge is 0.395 e. The number of nitrogens with zero attached hydrogens (tertiary/aromatic N) is 5. The van der Waals surface area contributed by atoms with Crippen molar-refractivity contribution in [3.8, 4) is 11.3 Å². The number of imidazole rings is 1. The van der Waals surface area contributed by atoms with Crippen molar-refractivity contribution in [1.29, 1.82) is 0 Å². The van der Waals surface area contributed by atoms with Gasteiger partial charge in [-0.1, -0.05) is 0 Å². The van der Waals surface area contributed by atoms with E-state index >= 15 is 0 Å². The lowest BCUT2D eigenvalue weighted by molar-refractivity contribution is 0.0695. The number of rotatable bonds is 4. The van der Waals surface area contributed by atoms with Crippen LogP contribution in [0.15, 0.2) is 41.5 Å². The second-order valence-corrected chi connectivity index (χ2v) is 7.62. The summed E-state index contributed by atoms with van der Waals surface area (Å²) in [6, 6.07) is 7.84. The number of hydrogen-bond donors (Lipinski definition) is 1. The molecule has 0 radical (unpaired) electrons. The number of aliphatic hydroxyl groups excluding tert-OH is 1. The fraction of sp³-hybridized carbons (Fsp3) is 0.364. The SMILES string of the molecule is Cc1ccc(-c2ccc3ncc4c(c3n2)n(C2CCOCC2)c(=O)n4CCO)cn1. The summed E-state index contributed by atoms with van der Waals surface area (Å²) in [5, 5.41) is 9.52. The van der Waals surface area contributed by atoms with E-state index in [9.17, 15) is 9.90 Å². The predicted molar refractivity (Wildman–Crippen MR) is 113 cm³/mol. The first-order chi connectivity index (χ1) is 14.7. The first-order valence-electron chi connectivity index (χ1n) is 10.2. The van der Waals surface area contributed by atoms with Crippen LogP contribution in [0, 0.1) is 6.92 Å². The van der Waals surface area contributed by atoms with Gasteiger partial charge in [0.25, 0.3) is 0 Å². The third-order valence-corrected chi connectivity index (χ3v) is 5.72. The fourth-order valence-corrected chi connectivity index (χ4v) is 4.19. The Balaban J connectivity index is 1.80. The van der Waals surface area contributed by atoms with E-state index in [2.05, 4.69) is 9.97 Å². The van der Waals surface area contributed by atoms with Gasteiger partial charge in [-0.15, -0.1) is 0 Å². The lowest BCUT2D eigenvalue weighted by atomic mass is 10.1. The van der Waals surface area contributed by atoms with Crippen LogP contribution in [0.5, 0.6) is 0 Å². The number of aryl methyl sites for hydroxylation is 1. The molecule has 1 fully saturated rings. The molecule has 4 aromatic heterocycles. The second kappa shape index (κ2) is 7.62. The van der Waals surface area contributed by atoms with E-state index < -0.39 is 0 Å². The van der Waals surface area contributed by atoms with Gasteiger partial charge in [-0.3, -0.25) is 19.1 Å². The van der Waals surface area contributed by atoms with Crippen molar-refractivity contribution in [3.63, 3.8) is 0 Å². The lowest BCUT2D eigenvalue weighted by Gasteiger charge is -2.23. The molecule has 8 nitrogen and oxygen atoms in total. The molecule has 0 unspecified atom stereocenters. The van der Waals surface area contributed by atoms with E-state index in [-0.39, 0.29) is 24.9 Å². The summed E-state index contributed by atoms with van der Waals surface area (Å²) in [6.07, 6.45) is 5.05. The normalized spacial score (nSPS) is 15.3. The van der Waals surface area contributed by atoms with E-state index in [0.717, 1.165) is 40.8 Å². The predicted octanol–water partition coefficient (Wildman–Crippen LogP) is 2.46. The van der Waals surface area contributed by atoms with Crippen molar-refractivity contribution in [2.24, 2.45) is 0 Å². The lowest BCUT2D eigenvalue weighted by Crippen LogP contribution is -2.31. The van der Waals surface area contributed by atoms with E-state index in [4.69, 9.17) is 9.72 Å². The zero-order valence-electron chi connectivity index (χ0n) is 16.8. The van der Waals surface area contributed by atoms with Crippen molar-refractivity contribution in [3.05, 3.63) is 52.8 Å². The van der Waals surface area contributed by atoms with Crippen LogP contribution in [0.4, 0.5) is 0 Å². The molecule has 0 aliphatic carbocycles. The van der Waals surface area contributed by atoms with Gasteiger partial charge in [0.05, 0.1) is 41.6 Å². The van der Waals surface area contributed by atoms with Crippen molar-refractivity contribution < 1.29 is 9.84 Å². The Morgan fingerprint density at radius 3 is 2.70 bits per heavy atom. The van der Waals surface area contributed by atoms with Crippen LogP contribution in [-0.4, -0.2) is 49.0 Å². The van der Waals surface area contributed by atoms with E-state index in [1.54, 1.807) is 17.0 Å². The summed E-state index contributed by atoms with van der Waals surface area (Å²) in [5.74, 6) is 0. The van der Waals surface area contributed by atoms with Gasteiger partial charge >= 0.3 is 5.69 Å². The molecule has 1 N–H and O–H groups in total. The maximum Gasteiger partial charge on any atom is 0.329 e. The van der Waals surface area contributed by atoms with Crippen LogP contribution in [0.1, 0.15) is 24.6 Å². The Kier molecular flexibility index (Phi) is 4.80. The van der Waals surface area contributed by atoms with Crippen molar-refractivity contribution in [2.45, 2.75) is 32.4 Å². The molecule has 1 saturated heterocycles. The van der Waals surface area contributed by atoms with Crippen LogP contribution < -0.4 is 5.69 Å². The van der Waals surface area contributed by atoms with E-state index in [1.807, 2.05) is 35.8 Å². The monoisotopic (exact) mass is 405 g/mol. The van der Waals surface area contributed by atoms with Crippen molar-refractivity contribution in [2.75, 3.05) is 19.8 Å². The summed E-state index contributed by atoms with van der Waals surface area (Å²) in [5.41, 5.74) is 5.38. The molecule has 5 heterocycles. The Hall–Kier alpha value is -3.10. The van der Waals surface area contributed by atoms with Crippen molar-refractivity contribution >= 4 is 22.1 Å². The van der Waals surface area contributed by atoms with Gasteiger partial charge in [-0.2, -0.15) is 0 Å². The molecule has 8 heteroatoms. The van der Waals surface area contributed by atoms with E-state index in [0.29, 0.717) is 24.2 Å². The van der Waals surface area contributed by atoms with Gasteiger partial charge < -0.3 is 9.84 Å². The Labute approximate surface area is 172 Å². The Bertz CT molecular complexity index is 1270. The van der Waals surface area contributed by atoms with Crippen LogP contribution in [-0.2, 0) is 11.3 Å². The van der Waals surface area contributed by atoms with Gasteiger partial charge in [-0.25, -0.2) is 9.78 Å². The van der Waals surface area contributed by atoms with Crippen LogP contribution in [0.3, 0.4) is 0 Å². The Morgan fingerprint density at radius 1 is 1.13 bits per heavy atom. The topological polar surface area (TPSA) is 95.1 Å². The molecule has 154 valence electrons. The zero-order valence-corrected chi connectivity index (χ0v) is 16.8. The van der Waals surface area contributed by atoms with Crippen molar-refractivity contribution in [1.82, 2.24) is 24.1 Å². The summed E-state index contributed by atoms with van der Waals surface area (Å²) >= 11 is 0. The summed E-state index contributed by atoms with van der Waals surface area (Å²) in [6.45, 7) is 3.30. The molecule has 0 amide bonds. The highest BCUT2D eigenvalue weighted by Crippen LogP contribution is 2.30. The maximum absolute atomic E-state index is 13.3. The minimum atomic E-state index is -0.135. The molecule has 0 aromatic carbocycles. The number of aliphatic hydroxyl groups is 1. The average molecular weight is 405 g/mol. The number of ether oxygens (including phenoxy) is 1. The molecule has 0 atom stereocenters. The summed E-state index contributed by atoms with van der Waals surface area (Å²) in [4.78, 5) is 27.1. The molecule has 0 spiro atoms. The summed E-state index contributed by atoms with van der Waals surface area (Å²) < 4.78 is 8.94. The minimum Gasteiger partial charge on any atom is -0.395 e. The highest BCUT2D eigenvalue weighted by atomic mass is 16.5. The number of pyridine rings is 3. The molecule has 5 rings (SSSR count). The molecule has 0 saturated carbocycles. The van der Waals surface area contributed by atoms with Crippen LogP contribution in [0.25, 0.3) is 33.3 Å². The maximum atomic E-state index is 13.3. The molecule has 1 aliphatic heterocycles. The molecule has 0 bridgehead atoms. The van der Waals surface area contributed by atoms with Gasteiger partial charge in [0, 0.05) is 36.7 Å². The van der Waals surface area contributed by atoms with Crippen LogP contribution >= 0.6 is 0 Å². The second-order valence-electron chi connectivity index (χ2n) is 7.62. The zero-order chi connectivity index (χ0) is 20.7. The minimum absolute atomic E-state index is 0.0331. The molecular formula is C22H23N5O3. The highest BCUT2D eigenvalue weighted by molar-refractivity contribution is 6.00. The molecular weight excluding hydrogens is 382 g/mol. The smallest absolute Gasteiger partial charge is 0.329 e. The van der Waals surface area contributed by atoms with Crippen LogP contribution in [0.2, 0.25) is 0 Å². The highest BCUT2D eigenvalue weighted by Gasteiger charge is 2.25. The molecule has 30 heavy (non-hydrogen) atoms. The quantitative estimate of drug-likeness (QED) is 0.560. The first kappa shape index (κ1) is 18.9. The third kappa shape index (κ3) is 3.09. The molecule has 4 aromatic rings. The van der Waals surface area contributed by atoms with Gasteiger partial charge in [0.1, 0.15) is 5.52 Å². The summed E-state index contributed by atoms with van der Waals surface area (Å²) in [7, 11) is 0. The van der Waals surface area contributed by atoms with E-state index in [1.165, 1.54) is 0 Å². The number of hydrogen-bond acceptors (Lipinski definition) is 6. The fourth-order valence-electron chi connectivity index (χ4n) is 4.19. The Morgan fingerprint density at radius 2 is 1.97 bits per heavy atom. The standard InChI is InChI=1S/C22H23N5O3/c1-14-2-3-15(12-23-14)17-4-5-18-20(25-17)21-19(13-24-18)26(8-9-28)22(29)27(21)16-6-10-30-11-7-16/h2-5,12-13,16,28H,6-11H2,1H3. The van der Waals surface area contributed by atoms with Gasteiger partial charge in [0.2, 0.25) is 0 Å². The molecule has 1 aliphatic rings. The number of aromatic nitrogens is 5.